The van der Waals surface area contributed by atoms with Crippen LogP contribution in [0.25, 0.3) is 0 Å². The Morgan fingerprint density at radius 2 is 1.88 bits per heavy atom. The Balaban J connectivity index is 2.75. The summed E-state index contributed by atoms with van der Waals surface area (Å²) in [6, 6.07) is 0. The van der Waals surface area contributed by atoms with Gasteiger partial charge < -0.3 is 9.30 Å². The average molecular weight is 246 g/mol. The van der Waals surface area contributed by atoms with Gasteiger partial charge in [-0.15, -0.1) is 21.8 Å². The second-order valence-electron chi connectivity index (χ2n) is 4.72. The van der Waals surface area contributed by atoms with Crippen LogP contribution in [0.5, 0.6) is 0 Å². The molecule has 0 unspecified atom stereocenters. The van der Waals surface area contributed by atoms with Gasteiger partial charge in [0.2, 0.25) is 0 Å². The van der Waals surface area contributed by atoms with Crippen LogP contribution in [0.15, 0.2) is 0 Å². The van der Waals surface area contributed by atoms with E-state index in [-0.39, 0.29) is 5.60 Å². The highest BCUT2D eigenvalue weighted by molar-refractivity contribution is 6.16. The van der Waals surface area contributed by atoms with Crippen molar-refractivity contribution >= 4 is 11.6 Å². The normalized spacial score (nSPS) is 12.1. The third-order valence-corrected chi connectivity index (χ3v) is 2.34. The third kappa shape index (κ3) is 3.76. The Kier molecular flexibility index (Phi) is 4.74. The first-order chi connectivity index (χ1) is 7.48. The van der Waals surface area contributed by atoms with E-state index in [2.05, 4.69) is 17.1 Å². The number of hydrogen-bond donors (Lipinski definition) is 0. The Morgan fingerprint density at radius 3 is 2.38 bits per heavy atom. The van der Waals surface area contributed by atoms with Crippen LogP contribution < -0.4 is 0 Å². The van der Waals surface area contributed by atoms with Gasteiger partial charge in [0.1, 0.15) is 12.4 Å². The molecule has 0 saturated heterocycles. The number of ether oxygens (including phenoxy) is 1. The molecule has 0 N–H and O–H groups in total. The van der Waals surface area contributed by atoms with E-state index in [0.717, 1.165) is 24.6 Å². The van der Waals surface area contributed by atoms with Crippen LogP contribution in [0, 0.1) is 0 Å². The molecule has 0 aromatic carbocycles. The molecule has 0 bridgehead atoms. The van der Waals surface area contributed by atoms with E-state index in [1.54, 1.807) is 0 Å². The highest BCUT2D eigenvalue weighted by Gasteiger charge is 2.15. The van der Waals surface area contributed by atoms with Crippen molar-refractivity contribution in [2.24, 2.45) is 0 Å². The fourth-order valence-corrected chi connectivity index (χ4v) is 1.54. The van der Waals surface area contributed by atoms with Crippen molar-refractivity contribution in [3.63, 3.8) is 0 Å². The summed E-state index contributed by atoms with van der Waals surface area (Å²) >= 11 is 5.81. The van der Waals surface area contributed by atoms with E-state index in [4.69, 9.17) is 16.3 Å². The number of hydrogen-bond acceptors (Lipinski definition) is 3. The van der Waals surface area contributed by atoms with Crippen LogP contribution in [0.1, 0.15) is 45.8 Å². The molecule has 0 aliphatic carbocycles. The molecule has 1 aromatic rings. The fraction of sp³-hybridized carbons (Fsp3) is 0.818. The van der Waals surface area contributed by atoms with E-state index in [1.807, 2.05) is 25.3 Å². The molecule has 0 amide bonds. The van der Waals surface area contributed by atoms with Crippen LogP contribution in [0.2, 0.25) is 0 Å². The maximum Gasteiger partial charge on any atom is 0.159 e. The first-order valence-corrected chi connectivity index (χ1v) is 6.12. The standard InChI is InChI=1S/C11H20ClN3O/c1-5-6-15-9(7-12)13-14-10(15)8-16-11(2,3)4/h5-8H2,1-4H3. The van der Waals surface area contributed by atoms with Gasteiger partial charge in [0.15, 0.2) is 5.82 Å². The highest BCUT2D eigenvalue weighted by atomic mass is 35.5. The molecule has 0 atom stereocenters. The molecule has 0 spiro atoms. The summed E-state index contributed by atoms with van der Waals surface area (Å²) < 4.78 is 7.73. The summed E-state index contributed by atoms with van der Waals surface area (Å²) in [5.41, 5.74) is -0.163. The van der Waals surface area contributed by atoms with Crippen molar-refractivity contribution in [2.45, 2.75) is 58.7 Å². The van der Waals surface area contributed by atoms with Gasteiger partial charge in [-0.1, -0.05) is 6.92 Å². The van der Waals surface area contributed by atoms with Crippen molar-refractivity contribution in [1.82, 2.24) is 14.8 Å². The summed E-state index contributed by atoms with van der Waals surface area (Å²) in [4.78, 5) is 0. The van der Waals surface area contributed by atoms with E-state index >= 15 is 0 Å². The van der Waals surface area contributed by atoms with E-state index < -0.39 is 0 Å². The van der Waals surface area contributed by atoms with Gasteiger partial charge in [-0.3, -0.25) is 0 Å². The molecule has 1 heterocycles. The van der Waals surface area contributed by atoms with Gasteiger partial charge in [0.05, 0.1) is 11.5 Å². The van der Waals surface area contributed by atoms with Gasteiger partial charge in [0, 0.05) is 6.54 Å². The third-order valence-electron chi connectivity index (χ3n) is 2.11. The minimum atomic E-state index is -0.163. The predicted molar refractivity (Wildman–Crippen MR) is 64.4 cm³/mol. The minimum Gasteiger partial charge on any atom is -0.368 e. The van der Waals surface area contributed by atoms with Crippen molar-refractivity contribution in [3.8, 4) is 0 Å². The summed E-state index contributed by atoms with van der Waals surface area (Å²) in [6.07, 6.45) is 1.03. The van der Waals surface area contributed by atoms with Crippen LogP contribution in [-0.4, -0.2) is 20.4 Å². The van der Waals surface area contributed by atoms with Gasteiger partial charge in [0.25, 0.3) is 0 Å². The highest BCUT2D eigenvalue weighted by Crippen LogP contribution is 2.13. The van der Waals surface area contributed by atoms with Crippen LogP contribution >= 0.6 is 11.6 Å². The zero-order valence-electron chi connectivity index (χ0n) is 10.5. The molecule has 5 heteroatoms. The summed E-state index contributed by atoms with van der Waals surface area (Å²) in [6.45, 7) is 9.56. The summed E-state index contributed by atoms with van der Waals surface area (Å²) in [7, 11) is 0. The smallest absolute Gasteiger partial charge is 0.159 e. The first kappa shape index (κ1) is 13.5. The number of aromatic nitrogens is 3. The van der Waals surface area contributed by atoms with E-state index in [1.165, 1.54) is 0 Å². The topological polar surface area (TPSA) is 39.9 Å². The maximum absolute atomic E-state index is 5.81. The zero-order valence-corrected chi connectivity index (χ0v) is 11.2. The second kappa shape index (κ2) is 5.64. The van der Waals surface area contributed by atoms with Crippen LogP contribution in [0.4, 0.5) is 0 Å². The maximum atomic E-state index is 5.81. The molecule has 16 heavy (non-hydrogen) atoms. The fourth-order valence-electron chi connectivity index (χ4n) is 1.34. The Morgan fingerprint density at radius 1 is 1.25 bits per heavy atom. The van der Waals surface area contributed by atoms with Crippen molar-refractivity contribution in [3.05, 3.63) is 11.6 Å². The van der Waals surface area contributed by atoms with Crippen LogP contribution in [0.3, 0.4) is 0 Å². The monoisotopic (exact) mass is 245 g/mol. The van der Waals surface area contributed by atoms with Gasteiger partial charge in [-0.25, -0.2) is 0 Å². The molecular weight excluding hydrogens is 226 g/mol. The molecule has 0 saturated carbocycles. The Hall–Kier alpha value is -0.610. The van der Waals surface area contributed by atoms with Crippen molar-refractivity contribution in [1.29, 1.82) is 0 Å². The van der Waals surface area contributed by atoms with Crippen molar-refractivity contribution < 1.29 is 4.74 Å². The molecule has 0 fully saturated rings. The van der Waals surface area contributed by atoms with Gasteiger partial charge in [-0.2, -0.15) is 0 Å². The Labute approximate surface area is 102 Å². The molecule has 0 radical (unpaired) electrons. The largest absolute Gasteiger partial charge is 0.368 e. The van der Waals surface area contributed by atoms with Gasteiger partial charge in [-0.05, 0) is 27.2 Å². The lowest BCUT2D eigenvalue weighted by atomic mass is 10.2. The second-order valence-corrected chi connectivity index (χ2v) is 4.99. The molecular formula is C11H20ClN3O. The lowest BCUT2D eigenvalue weighted by Gasteiger charge is -2.19. The molecule has 0 aliphatic rings. The molecule has 92 valence electrons. The van der Waals surface area contributed by atoms with E-state index in [0.29, 0.717) is 12.5 Å². The molecule has 1 rings (SSSR count). The molecule has 1 aromatic heterocycles. The predicted octanol–water partition coefficient (Wildman–Crippen LogP) is 2.74. The molecule has 0 aliphatic heterocycles. The SMILES string of the molecule is CCCn1c(CCl)nnc1COC(C)(C)C. The number of alkyl halides is 1. The first-order valence-electron chi connectivity index (χ1n) is 5.58. The Bertz CT molecular complexity index is 330. The summed E-state index contributed by atoms with van der Waals surface area (Å²) in [5, 5.41) is 8.17. The average Bonchev–Trinajstić information content (AvgIpc) is 2.57. The minimum absolute atomic E-state index is 0.163. The lowest BCUT2D eigenvalue weighted by Crippen LogP contribution is -2.20. The quantitative estimate of drug-likeness (QED) is 0.749. The van der Waals surface area contributed by atoms with E-state index in [9.17, 15) is 0 Å². The van der Waals surface area contributed by atoms with Crippen molar-refractivity contribution in [2.75, 3.05) is 0 Å². The number of rotatable bonds is 5. The zero-order chi connectivity index (χ0) is 12.2. The number of halogens is 1. The summed E-state index contributed by atoms with van der Waals surface area (Å²) in [5.74, 6) is 2.06. The van der Waals surface area contributed by atoms with Gasteiger partial charge >= 0.3 is 0 Å². The molecule has 4 nitrogen and oxygen atoms in total. The lowest BCUT2D eigenvalue weighted by molar-refractivity contribution is -0.0194. The van der Waals surface area contributed by atoms with Crippen LogP contribution in [-0.2, 0) is 23.8 Å². The number of nitrogens with zero attached hydrogens (tertiary/aromatic N) is 3.